The number of carbonyl (C=O) groups excluding carboxylic acids is 2. The molecule has 5 nitrogen and oxygen atoms in total. The van der Waals surface area contributed by atoms with Crippen molar-refractivity contribution < 1.29 is 14.3 Å². The lowest BCUT2D eigenvalue weighted by Gasteiger charge is -2.16. The molecule has 0 fully saturated rings. The number of imide groups is 1. The van der Waals surface area contributed by atoms with Gasteiger partial charge in [0.05, 0.1) is 18.5 Å². The maximum absolute atomic E-state index is 13.4. The number of methoxy groups -OCH3 is 1. The molecule has 0 aromatic heterocycles. The van der Waals surface area contributed by atoms with Crippen molar-refractivity contribution in [3.05, 3.63) is 92.9 Å². The molecule has 3 aromatic rings. The Labute approximate surface area is 200 Å². The van der Waals surface area contributed by atoms with Crippen LogP contribution >= 0.6 is 35.0 Å². The van der Waals surface area contributed by atoms with Crippen LogP contribution in [0, 0.1) is 6.92 Å². The average molecular weight is 485 g/mol. The van der Waals surface area contributed by atoms with Crippen LogP contribution in [0.25, 0.3) is 0 Å². The van der Waals surface area contributed by atoms with E-state index in [9.17, 15) is 9.59 Å². The third-order valence-corrected chi connectivity index (χ3v) is 6.28. The number of halogens is 2. The molecule has 0 aliphatic carbocycles. The molecule has 8 heteroatoms. The summed E-state index contributed by atoms with van der Waals surface area (Å²) in [7, 11) is 1.54. The first-order chi connectivity index (χ1) is 15.4. The highest BCUT2D eigenvalue weighted by atomic mass is 35.5. The smallest absolute Gasteiger partial charge is 0.283 e. The maximum Gasteiger partial charge on any atom is 0.283 e. The first-order valence-corrected chi connectivity index (χ1v) is 11.2. The summed E-state index contributed by atoms with van der Waals surface area (Å²) in [6.07, 6.45) is 0. The number of carbonyl (C=O) groups is 2. The van der Waals surface area contributed by atoms with Crippen molar-refractivity contribution in [1.29, 1.82) is 0 Å². The zero-order valence-electron chi connectivity index (χ0n) is 17.2. The van der Waals surface area contributed by atoms with E-state index in [-0.39, 0.29) is 10.6 Å². The van der Waals surface area contributed by atoms with E-state index >= 15 is 0 Å². The van der Waals surface area contributed by atoms with E-state index in [0.29, 0.717) is 27.2 Å². The van der Waals surface area contributed by atoms with Crippen LogP contribution in [0.1, 0.15) is 5.56 Å². The first-order valence-electron chi connectivity index (χ1n) is 9.61. The topological polar surface area (TPSA) is 58.6 Å². The average Bonchev–Trinajstić information content (AvgIpc) is 2.99. The molecule has 1 N–H and O–H groups in total. The van der Waals surface area contributed by atoms with Crippen molar-refractivity contribution in [1.82, 2.24) is 0 Å². The van der Waals surface area contributed by atoms with Gasteiger partial charge < -0.3 is 10.1 Å². The molecule has 3 aromatic carbocycles. The van der Waals surface area contributed by atoms with Crippen molar-refractivity contribution >= 4 is 58.2 Å². The van der Waals surface area contributed by atoms with Crippen LogP contribution in [0.15, 0.2) is 82.2 Å². The molecule has 0 unspecified atom stereocenters. The van der Waals surface area contributed by atoms with Crippen LogP contribution in [-0.4, -0.2) is 18.9 Å². The summed E-state index contributed by atoms with van der Waals surface area (Å²) in [6, 6.07) is 19.5. The Bertz CT molecular complexity index is 1220. The molecule has 2 amide bonds. The number of ether oxygens (including phenoxy) is 1. The van der Waals surface area contributed by atoms with E-state index in [4.69, 9.17) is 27.9 Å². The number of hydrogen-bond acceptors (Lipinski definition) is 5. The van der Waals surface area contributed by atoms with Crippen LogP contribution in [0.5, 0.6) is 5.75 Å². The number of nitrogens with zero attached hydrogens (tertiary/aromatic N) is 1. The summed E-state index contributed by atoms with van der Waals surface area (Å²) in [5, 5.41) is 3.76. The number of thioether (sulfide) groups is 1. The molecule has 0 saturated carbocycles. The fourth-order valence-electron chi connectivity index (χ4n) is 3.22. The van der Waals surface area contributed by atoms with Crippen LogP contribution in [0.3, 0.4) is 0 Å². The van der Waals surface area contributed by atoms with Gasteiger partial charge in [0.15, 0.2) is 0 Å². The molecular weight excluding hydrogens is 467 g/mol. The van der Waals surface area contributed by atoms with Crippen LogP contribution < -0.4 is 15.0 Å². The van der Waals surface area contributed by atoms with Gasteiger partial charge in [-0.3, -0.25) is 9.59 Å². The highest BCUT2D eigenvalue weighted by Crippen LogP contribution is 2.40. The number of nitrogens with one attached hydrogen (secondary N) is 1. The molecule has 0 bridgehead atoms. The van der Waals surface area contributed by atoms with Crippen molar-refractivity contribution in [2.75, 3.05) is 17.3 Å². The number of aryl methyl sites for hydroxylation is 1. The summed E-state index contributed by atoms with van der Waals surface area (Å²) in [5.41, 5.74) is 2.12. The molecule has 1 aliphatic heterocycles. The van der Waals surface area contributed by atoms with Crippen molar-refractivity contribution in [3.63, 3.8) is 0 Å². The van der Waals surface area contributed by atoms with Gasteiger partial charge >= 0.3 is 0 Å². The second-order valence-corrected chi connectivity index (χ2v) is 8.97. The largest absolute Gasteiger partial charge is 0.495 e. The predicted molar refractivity (Wildman–Crippen MR) is 130 cm³/mol. The maximum atomic E-state index is 13.4. The van der Waals surface area contributed by atoms with Gasteiger partial charge in [0, 0.05) is 14.9 Å². The summed E-state index contributed by atoms with van der Waals surface area (Å²) in [6.45, 7) is 1.98. The van der Waals surface area contributed by atoms with Crippen LogP contribution in [0.2, 0.25) is 10.0 Å². The first kappa shape index (κ1) is 22.3. The lowest BCUT2D eigenvalue weighted by atomic mass is 10.2. The van der Waals surface area contributed by atoms with E-state index in [1.807, 2.05) is 43.3 Å². The Balaban J connectivity index is 1.78. The molecule has 0 saturated heterocycles. The summed E-state index contributed by atoms with van der Waals surface area (Å²) in [5.74, 6) is -0.422. The molecule has 4 rings (SSSR count). The molecule has 32 heavy (non-hydrogen) atoms. The summed E-state index contributed by atoms with van der Waals surface area (Å²) >= 11 is 13.5. The highest BCUT2D eigenvalue weighted by Gasteiger charge is 2.40. The molecule has 1 heterocycles. The van der Waals surface area contributed by atoms with Gasteiger partial charge in [0.2, 0.25) is 0 Å². The molecule has 0 spiro atoms. The Hall–Kier alpha value is -2.93. The van der Waals surface area contributed by atoms with Gasteiger partial charge in [0.25, 0.3) is 11.8 Å². The van der Waals surface area contributed by atoms with Crippen LogP contribution in [-0.2, 0) is 9.59 Å². The zero-order valence-corrected chi connectivity index (χ0v) is 19.5. The van der Waals surface area contributed by atoms with Crippen molar-refractivity contribution in [2.24, 2.45) is 0 Å². The molecule has 162 valence electrons. The van der Waals surface area contributed by atoms with Gasteiger partial charge in [-0.15, -0.1) is 0 Å². The van der Waals surface area contributed by atoms with E-state index in [2.05, 4.69) is 5.32 Å². The standard InChI is InChI=1S/C24H18Cl2N2O3S/c1-14-7-9-18(10-8-14)32-22-21(27-19-5-3-4-6-20(19)31-2)23(29)28(24(22)30)17-12-15(25)11-16(26)13-17/h3-13,27H,1-2H3. The predicted octanol–water partition coefficient (Wildman–Crippen LogP) is 6.30. The number of benzene rings is 3. The number of amides is 2. The van der Waals surface area contributed by atoms with E-state index < -0.39 is 11.8 Å². The highest BCUT2D eigenvalue weighted by molar-refractivity contribution is 8.04. The Morgan fingerprint density at radius 1 is 0.906 bits per heavy atom. The third kappa shape index (κ3) is 4.48. The summed E-state index contributed by atoms with van der Waals surface area (Å²) in [4.78, 5) is 29.0. The van der Waals surface area contributed by atoms with Gasteiger partial charge in [-0.25, -0.2) is 4.90 Å². The second kappa shape index (κ2) is 9.28. The van der Waals surface area contributed by atoms with Gasteiger partial charge in [0.1, 0.15) is 16.4 Å². The fourth-order valence-corrected chi connectivity index (χ4v) is 4.67. The zero-order chi connectivity index (χ0) is 22.8. The quantitative estimate of drug-likeness (QED) is 0.416. The lowest BCUT2D eigenvalue weighted by molar-refractivity contribution is -0.120. The minimum Gasteiger partial charge on any atom is -0.495 e. The van der Waals surface area contributed by atoms with Gasteiger partial charge in [-0.2, -0.15) is 0 Å². The SMILES string of the molecule is COc1ccccc1NC1=C(Sc2ccc(C)cc2)C(=O)N(c2cc(Cl)cc(Cl)c2)C1=O. The van der Waals surface area contributed by atoms with Gasteiger partial charge in [-0.1, -0.05) is 64.8 Å². The minimum absolute atomic E-state index is 0.154. The van der Waals surface area contributed by atoms with E-state index in [0.717, 1.165) is 15.4 Å². The van der Waals surface area contributed by atoms with Crippen molar-refractivity contribution in [3.8, 4) is 5.75 Å². The molecular formula is C24H18Cl2N2O3S. The molecule has 1 aliphatic rings. The molecule has 0 atom stereocenters. The summed E-state index contributed by atoms with van der Waals surface area (Å²) < 4.78 is 5.39. The van der Waals surface area contributed by atoms with E-state index in [1.54, 1.807) is 25.3 Å². The molecule has 0 radical (unpaired) electrons. The van der Waals surface area contributed by atoms with E-state index in [1.165, 1.54) is 23.9 Å². The Morgan fingerprint density at radius 2 is 1.56 bits per heavy atom. The fraction of sp³-hybridized carbons (Fsp3) is 0.0833. The van der Waals surface area contributed by atoms with Crippen LogP contribution in [0.4, 0.5) is 11.4 Å². The number of anilines is 2. The second-order valence-electron chi connectivity index (χ2n) is 7.02. The minimum atomic E-state index is -0.506. The Morgan fingerprint density at radius 3 is 2.22 bits per heavy atom. The normalized spacial score (nSPS) is 13.7. The van der Waals surface area contributed by atoms with Crippen molar-refractivity contribution in [2.45, 2.75) is 11.8 Å². The Kier molecular flexibility index (Phi) is 6.46. The van der Waals surface area contributed by atoms with Gasteiger partial charge in [-0.05, 0) is 49.4 Å². The lowest BCUT2D eigenvalue weighted by Crippen LogP contribution is -2.32. The third-order valence-electron chi connectivity index (χ3n) is 4.75. The number of rotatable bonds is 6. The number of para-hydroxylation sites is 2. The number of hydrogen-bond donors (Lipinski definition) is 1. The monoisotopic (exact) mass is 484 g/mol.